The summed E-state index contributed by atoms with van der Waals surface area (Å²) in [6, 6.07) is 9.32. The number of amides is 2. The Bertz CT molecular complexity index is 1040. The fraction of sp³-hybridized carbons (Fsp3) is 0.222. The lowest BCUT2D eigenvalue weighted by atomic mass is 10.2. The molecule has 0 bridgehead atoms. The number of esters is 1. The SMILES string of the molecule is COC(=O)CN1C(=O)N(c2ccc(OC)c(OC)c2)S(=O)(=O)c2ccccc21. The van der Waals surface area contributed by atoms with Gasteiger partial charge in [-0.15, -0.1) is 0 Å². The van der Waals surface area contributed by atoms with Gasteiger partial charge in [-0.05, 0) is 24.3 Å². The number of hydrogen-bond acceptors (Lipinski definition) is 7. The molecule has 0 radical (unpaired) electrons. The maximum atomic E-state index is 13.2. The van der Waals surface area contributed by atoms with Crippen LogP contribution in [0.2, 0.25) is 0 Å². The number of rotatable bonds is 5. The maximum Gasteiger partial charge on any atom is 0.343 e. The molecular formula is C18H18N2O7S. The first-order chi connectivity index (χ1) is 13.3. The molecule has 28 heavy (non-hydrogen) atoms. The summed E-state index contributed by atoms with van der Waals surface area (Å²) in [6.07, 6.45) is 0. The van der Waals surface area contributed by atoms with E-state index in [2.05, 4.69) is 4.74 Å². The van der Waals surface area contributed by atoms with Gasteiger partial charge in [-0.2, -0.15) is 4.31 Å². The topological polar surface area (TPSA) is 102 Å². The lowest BCUT2D eigenvalue weighted by molar-refractivity contribution is -0.138. The molecule has 1 aliphatic rings. The van der Waals surface area contributed by atoms with E-state index in [9.17, 15) is 18.0 Å². The van der Waals surface area contributed by atoms with E-state index in [1.165, 1.54) is 57.7 Å². The van der Waals surface area contributed by atoms with Crippen LogP contribution in [0.3, 0.4) is 0 Å². The van der Waals surface area contributed by atoms with Crippen molar-refractivity contribution >= 4 is 33.4 Å². The molecule has 0 aromatic heterocycles. The van der Waals surface area contributed by atoms with E-state index in [0.29, 0.717) is 10.1 Å². The van der Waals surface area contributed by atoms with E-state index in [1.807, 2.05) is 0 Å². The molecule has 0 saturated heterocycles. The molecule has 2 aromatic carbocycles. The van der Waals surface area contributed by atoms with Gasteiger partial charge >= 0.3 is 12.0 Å². The first-order valence-electron chi connectivity index (χ1n) is 8.09. The van der Waals surface area contributed by atoms with Crippen LogP contribution in [0.25, 0.3) is 0 Å². The van der Waals surface area contributed by atoms with E-state index in [4.69, 9.17) is 9.47 Å². The minimum atomic E-state index is -4.21. The van der Waals surface area contributed by atoms with Crippen LogP contribution in [-0.2, 0) is 19.6 Å². The molecule has 1 heterocycles. The molecule has 0 saturated carbocycles. The largest absolute Gasteiger partial charge is 0.493 e. The Balaban J connectivity index is 2.19. The predicted molar refractivity (Wildman–Crippen MR) is 100 cm³/mol. The summed E-state index contributed by atoms with van der Waals surface area (Å²) >= 11 is 0. The number of ether oxygens (including phenoxy) is 3. The van der Waals surface area contributed by atoms with Crippen LogP contribution in [0.4, 0.5) is 16.2 Å². The van der Waals surface area contributed by atoms with Crippen molar-refractivity contribution in [2.75, 3.05) is 37.1 Å². The second-order valence-corrected chi connectivity index (χ2v) is 7.48. The second-order valence-electron chi connectivity index (χ2n) is 5.72. The summed E-state index contributed by atoms with van der Waals surface area (Å²) in [5.41, 5.74) is 0.154. The Morgan fingerprint density at radius 2 is 1.68 bits per heavy atom. The number of nitrogens with zero attached hydrogens (tertiary/aromatic N) is 2. The lowest BCUT2D eigenvalue weighted by Crippen LogP contribution is -2.52. The minimum Gasteiger partial charge on any atom is -0.493 e. The zero-order valence-corrected chi connectivity index (χ0v) is 16.2. The summed E-state index contributed by atoms with van der Waals surface area (Å²) in [4.78, 5) is 25.9. The smallest absolute Gasteiger partial charge is 0.343 e. The van der Waals surface area contributed by atoms with Gasteiger partial charge in [-0.3, -0.25) is 9.69 Å². The number of benzene rings is 2. The van der Waals surface area contributed by atoms with Crippen molar-refractivity contribution < 1.29 is 32.2 Å². The highest BCUT2D eigenvalue weighted by Crippen LogP contribution is 2.39. The standard InChI is InChI=1S/C18H18N2O7S/c1-25-14-9-8-12(10-15(14)26-2)20-18(22)19(11-17(21)27-3)13-6-4-5-7-16(13)28(20,23)24/h4-10H,11H2,1-3H3. The molecule has 9 nitrogen and oxygen atoms in total. The number of methoxy groups -OCH3 is 3. The van der Waals surface area contributed by atoms with Crippen LogP contribution in [0.15, 0.2) is 47.4 Å². The summed E-state index contributed by atoms with van der Waals surface area (Å²) in [5.74, 6) is -0.0592. The number of hydrogen-bond donors (Lipinski definition) is 0. The van der Waals surface area contributed by atoms with Crippen LogP contribution in [-0.4, -0.2) is 48.3 Å². The summed E-state index contributed by atoms with van der Waals surface area (Å²) in [7, 11) is -0.190. The molecule has 10 heteroatoms. The molecule has 0 spiro atoms. The molecular weight excluding hydrogens is 388 g/mol. The van der Waals surface area contributed by atoms with Gasteiger partial charge in [-0.1, -0.05) is 12.1 Å². The van der Waals surface area contributed by atoms with Crippen molar-refractivity contribution in [2.45, 2.75) is 4.90 Å². The highest BCUT2D eigenvalue weighted by Gasteiger charge is 2.43. The first-order valence-corrected chi connectivity index (χ1v) is 9.54. The Morgan fingerprint density at radius 3 is 2.32 bits per heavy atom. The number of carbonyl (C=O) groups excluding carboxylic acids is 2. The maximum absolute atomic E-state index is 13.2. The van der Waals surface area contributed by atoms with Crippen molar-refractivity contribution in [3.05, 3.63) is 42.5 Å². The fourth-order valence-corrected chi connectivity index (χ4v) is 4.44. The van der Waals surface area contributed by atoms with Gasteiger partial charge < -0.3 is 14.2 Å². The van der Waals surface area contributed by atoms with Gasteiger partial charge in [0.1, 0.15) is 11.4 Å². The molecule has 0 fully saturated rings. The van der Waals surface area contributed by atoms with Gasteiger partial charge in [0.15, 0.2) is 11.5 Å². The lowest BCUT2D eigenvalue weighted by Gasteiger charge is -2.35. The summed E-state index contributed by atoms with van der Waals surface area (Å²) in [5, 5.41) is 0. The van der Waals surface area contributed by atoms with Crippen LogP contribution in [0.5, 0.6) is 11.5 Å². The van der Waals surface area contributed by atoms with Crippen molar-refractivity contribution in [1.29, 1.82) is 0 Å². The minimum absolute atomic E-state index is 0.0482. The quantitative estimate of drug-likeness (QED) is 0.700. The molecule has 0 atom stereocenters. The third-order valence-electron chi connectivity index (χ3n) is 4.20. The third-order valence-corrected chi connectivity index (χ3v) is 5.94. The molecule has 3 rings (SSSR count). The highest BCUT2D eigenvalue weighted by molar-refractivity contribution is 7.94. The number of carbonyl (C=O) groups is 2. The average molecular weight is 406 g/mol. The van der Waals surface area contributed by atoms with Gasteiger partial charge in [0.05, 0.1) is 32.7 Å². The van der Waals surface area contributed by atoms with Crippen molar-refractivity contribution in [2.24, 2.45) is 0 Å². The van der Waals surface area contributed by atoms with Gasteiger partial charge in [-0.25, -0.2) is 13.2 Å². The van der Waals surface area contributed by atoms with Crippen molar-refractivity contribution in [3.63, 3.8) is 0 Å². The van der Waals surface area contributed by atoms with Crippen LogP contribution in [0, 0.1) is 0 Å². The molecule has 0 N–H and O–H groups in total. The van der Waals surface area contributed by atoms with E-state index < -0.39 is 28.6 Å². The molecule has 1 aliphatic heterocycles. The summed E-state index contributed by atoms with van der Waals surface area (Å²) in [6.45, 7) is -0.439. The number of urea groups is 1. The van der Waals surface area contributed by atoms with Gasteiger partial charge in [0.2, 0.25) is 0 Å². The molecule has 2 aromatic rings. The Kier molecular flexibility index (Phi) is 5.14. The Labute approximate surface area is 162 Å². The Hall–Kier alpha value is -3.27. The molecule has 0 unspecified atom stereocenters. The second kappa shape index (κ2) is 7.39. The molecule has 0 aliphatic carbocycles. The fourth-order valence-electron chi connectivity index (χ4n) is 2.86. The van der Waals surface area contributed by atoms with E-state index in [0.717, 1.165) is 4.90 Å². The summed E-state index contributed by atoms with van der Waals surface area (Å²) < 4.78 is 41.9. The van der Waals surface area contributed by atoms with Gasteiger partial charge in [0.25, 0.3) is 10.0 Å². The van der Waals surface area contributed by atoms with Crippen LogP contribution in [0.1, 0.15) is 0 Å². The molecule has 2 amide bonds. The highest BCUT2D eigenvalue weighted by atomic mass is 32.2. The van der Waals surface area contributed by atoms with Crippen molar-refractivity contribution in [1.82, 2.24) is 0 Å². The monoisotopic (exact) mass is 406 g/mol. The zero-order chi connectivity index (χ0) is 20.5. The van der Waals surface area contributed by atoms with E-state index in [-0.39, 0.29) is 22.0 Å². The van der Waals surface area contributed by atoms with Gasteiger partial charge in [0, 0.05) is 6.07 Å². The van der Waals surface area contributed by atoms with E-state index >= 15 is 0 Å². The third kappa shape index (κ3) is 3.11. The first kappa shape index (κ1) is 19.5. The number of anilines is 2. The number of para-hydroxylation sites is 1. The zero-order valence-electron chi connectivity index (χ0n) is 15.4. The van der Waals surface area contributed by atoms with Crippen LogP contribution >= 0.6 is 0 Å². The Morgan fingerprint density at radius 1 is 1.00 bits per heavy atom. The average Bonchev–Trinajstić information content (AvgIpc) is 2.70. The van der Waals surface area contributed by atoms with Crippen molar-refractivity contribution in [3.8, 4) is 11.5 Å². The number of fused-ring (bicyclic) bond motifs is 1. The number of sulfonamides is 1. The van der Waals surface area contributed by atoms with Crippen LogP contribution < -0.4 is 18.7 Å². The molecule has 148 valence electrons. The predicted octanol–water partition coefficient (Wildman–Crippen LogP) is 2.01. The normalized spacial score (nSPS) is 15.0. The van der Waals surface area contributed by atoms with E-state index in [1.54, 1.807) is 6.07 Å².